The van der Waals surface area contributed by atoms with E-state index < -0.39 is 0 Å². The summed E-state index contributed by atoms with van der Waals surface area (Å²) in [5.74, 6) is 0.578. The molecule has 1 saturated heterocycles. The number of benzene rings is 2. The molecular weight excluding hydrogens is 323 g/mol. The summed E-state index contributed by atoms with van der Waals surface area (Å²) >= 11 is 5.52. The summed E-state index contributed by atoms with van der Waals surface area (Å²) in [6.07, 6.45) is 2.10. The van der Waals surface area contributed by atoms with Gasteiger partial charge in [0.15, 0.2) is 5.11 Å². The van der Waals surface area contributed by atoms with Gasteiger partial charge in [0.1, 0.15) is 11.6 Å². The predicted octanol–water partition coefficient (Wildman–Crippen LogP) is 4.76. The van der Waals surface area contributed by atoms with Crippen molar-refractivity contribution in [2.75, 3.05) is 18.5 Å². The zero-order valence-electron chi connectivity index (χ0n) is 13.7. The average molecular weight is 344 g/mol. The molecule has 0 aliphatic carbocycles. The lowest BCUT2D eigenvalue weighted by Crippen LogP contribution is -2.34. The van der Waals surface area contributed by atoms with Crippen molar-refractivity contribution in [1.29, 1.82) is 0 Å². The van der Waals surface area contributed by atoms with Gasteiger partial charge in [0.05, 0.1) is 18.3 Å². The summed E-state index contributed by atoms with van der Waals surface area (Å²) in [4.78, 5) is 2.14. The summed E-state index contributed by atoms with van der Waals surface area (Å²) in [7, 11) is 0. The highest BCUT2D eigenvalue weighted by Gasteiger charge is 2.28. The van der Waals surface area contributed by atoms with Crippen molar-refractivity contribution in [3.63, 3.8) is 0 Å². The van der Waals surface area contributed by atoms with E-state index in [1.54, 1.807) is 18.2 Å². The van der Waals surface area contributed by atoms with E-state index >= 15 is 0 Å². The summed E-state index contributed by atoms with van der Waals surface area (Å²) in [6.45, 7) is 3.50. The maximum atomic E-state index is 13.8. The van der Waals surface area contributed by atoms with Gasteiger partial charge in [0.2, 0.25) is 0 Å². The molecule has 1 atom stereocenters. The topological polar surface area (TPSA) is 24.5 Å². The molecule has 24 heavy (non-hydrogen) atoms. The number of ether oxygens (including phenoxy) is 1. The number of halogens is 1. The second kappa shape index (κ2) is 7.62. The molecule has 1 aliphatic rings. The fourth-order valence-corrected chi connectivity index (χ4v) is 3.39. The summed E-state index contributed by atoms with van der Waals surface area (Å²) < 4.78 is 19.3. The highest BCUT2D eigenvalue weighted by molar-refractivity contribution is 7.80. The Labute approximate surface area is 147 Å². The molecule has 5 heteroatoms. The van der Waals surface area contributed by atoms with E-state index in [9.17, 15) is 4.39 Å². The minimum Gasteiger partial charge on any atom is -0.494 e. The lowest BCUT2D eigenvalue weighted by molar-refractivity contribution is 0.339. The van der Waals surface area contributed by atoms with Crippen molar-refractivity contribution in [2.45, 2.75) is 25.8 Å². The van der Waals surface area contributed by atoms with E-state index in [4.69, 9.17) is 17.0 Å². The summed E-state index contributed by atoms with van der Waals surface area (Å²) in [6, 6.07) is 14.9. The molecule has 1 heterocycles. The van der Waals surface area contributed by atoms with Crippen LogP contribution in [0.25, 0.3) is 0 Å². The van der Waals surface area contributed by atoms with Crippen LogP contribution in [-0.4, -0.2) is 23.2 Å². The molecule has 0 amide bonds. The zero-order valence-corrected chi connectivity index (χ0v) is 14.5. The Balaban J connectivity index is 1.72. The molecule has 3 nitrogen and oxygen atoms in total. The fraction of sp³-hybridized carbons (Fsp3) is 0.316. The second-order valence-corrected chi connectivity index (χ2v) is 6.15. The average Bonchev–Trinajstić information content (AvgIpc) is 3.08. The molecule has 0 bridgehead atoms. The van der Waals surface area contributed by atoms with Gasteiger partial charge >= 0.3 is 0 Å². The molecule has 0 saturated carbocycles. The first-order valence-electron chi connectivity index (χ1n) is 8.24. The van der Waals surface area contributed by atoms with Crippen LogP contribution in [0.5, 0.6) is 5.75 Å². The van der Waals surface area contributed by atoms with Crippen molar-refractivity contribution in [3.05, 3.63) is 59.9 Å². The number of nitrogens with one attached hydrogen (secondary N) is 1. The molecule has 2 aromatic rings. The fourth-order valence-electron chi connectivity index (χ4n) is 3.06. The lowest BCUT2D eigenvalue weighted by atomic mass is 10.0. The van der Waals surface area contributed by atoms with Crippen molar-refractivity contribution >= 4 is 23.0 Å². The smallest absolute Gasteiger partial charge is 0.174 e. The van der Waals surface area contributed by atoms with Gasteiger partial charge in [0.25, 0.3) is 0 Å². The van der Waals surface area contributed by atoms with Gasteiger partial charge in [-0.05, 0) is 61.8 Å². The van der Waals surface area contributed by atoms with Gasteiger partial charge in [-0.3, -0.25) is 0 Å². The van der Waals surface area contributed by atoms with Crippen LogP contribution in [0.15, 0.2) is 48.5 Å². The van der Waals surface area contributed by atoms with Crippen LogP contribution in [0.1, 0.15) is 31.4 Å². The third kappa shape index (κ3) is 3.67. The number of para-hydroxylation sites is 1. The minimum atomic E-state index is -0.295. The molecular formula is C19H21FN2OS. The van der Waals surface area contributed by atoms with E-state index in [1.165, 1.54) is 11.6 Å². The Morgan fingerprint density at radius 3 is 2.71 bits per heavy atom. The molecule has 126 valence electrons. The zero-order chi connectivity index (χ0) is 16.9. The Hall–Kier alpha value is -2.14. The van der Waals surface area contributed by atoms with Crippen molar-refractivity contribution in [3.8, 4) is 5.75 Å². The molecule has 1 N–H and O–H groups in total. The number of hydrogen-bond donors (Lipinski definition) is 1. The standard InChI is InChI=1S/C19H21FN2OS/c1-2-23-15-11-9-14(10-12-15)18-8-5-13-22(18)19(24)21-17-7-4-3-6-16(17)20/h3-4,6-7,9-12,18H,2,5,8,13H2,1H3,(H,21,24)/t18-/m0/s1. The molecule has 1 fully saturated rings. The first-order chi connectivity index (χ1) is 11.7. The minimum absolute atomic E-state index is 0.215. The Morgan fingerprint density at radius 1 is 1.25 bits per heavy atom. The van der Waals surface area contributed by atoms with Gasteiger partial charge in [-0.15, -0.1) is 0 Å². The van der Waals surface area contributed by atoms with Crippen molar-refractivity contribution in [2.24, 2.45) is 0 Å². The molecule has 0 spiro atoms. The van der Waals surface area contributed by atoms with Gasteiger partial charge in [-0.25, -0.2) is 4.39 Å². The molecule has 2 aromatic carbocycles. The summed E-state index contributed by atoms with van der Waals surface area (Å²) in [5, 5.41) is 3.61. The normalized spacial score (nSPS) is 16.9. The van der Waals surface area contributed by atoms with Gasteiger partial charge in [-0.2, -0.15) is 0 Å². The highest BCUT2D eigenvalue weighted by Crippen LogP contribution is 2.33. The van der Waals surface area contributed by atoms with Gasteiger partial charge in [-0.1, -0.05) is 24.3 Å². The molecule has 3 rings (SSSR count). The molecule has 0 radical (unpaired) electrons. The lowest BCUT2D eigenvalue weighted by Gasteiger charge is -2.28. The predicted molar refractivity (Wildman–Crippen MR) is 98.9 cm³/mol. The van der Waals surface area contributed by atoms with Gasteiger partial charge < -0.3 is 15.0 Å². The van der Waals surface area contributed by atoms with Crippen LogP contribution in [0.4, 0.5) is 10.1 Å². The first-order valence-corrected chi connectivity index (χ1v) is 8.64. The second-order valence-electron chi connectivity index (χ2n) is 5.76. The number of anilines is 1. The van der Waals surface area contributed by atoms with E-state index in [-0.39, 0.29) is 11.9 Å². The van der Waals surface area contributed by atoms with E-state index in [2.05, 4.69) is 22.3 Å². The third-order valence-electron chi connectivity index (χ3n) is 4.20. The largest absolute Gasteiger partial charge is 0.494 e. The van der Waals surface area contributed by atoms with E-state index in [1.807, 2.05) is 19.1 Å². The number of nitrogens with zero attached hydrogens (tertiary/aromatic N) is 1. The van der Waals surface area contributed by atoms with Crippen molar-refractivity contribution in [1.82, 2.24) is 4.90 Å². The Kier molecular flexibility index (Phi) is 5.30. The first kappa shape index (κ1) is 16.7. The highest BCUT2D eigenvalue weighted by atomic mass is 32.1. The summed E-state index contributed by atoms with van der Waals surface area (Å²) in [5.41, 5.74) is 1.62. The SMILES string of the molecule is CCOc1ccc([C@@H]2CCCN2C(=S)Nc2ccccc2F)cc1. The molecule has 0 aromatic heterocycles. The maximum Gasteiger partial charge on any atom is 0.174 e. The van der Waals surface area contributed by atoms with Crippen LogP contribution < -0.4 is 10.1 Å². The van der Waals surface area contributed by atoms with Crippen LogP contribution in [0.2, 0.25) is 0 Å². The van der Waals surface area contributed by atoms with Gasteiger partial charge in [0, 0.05) is 6.54 Å². The third-order valence-corrected chi connectivity index (χ3v) is 4.54. The maximum absolute atomic E-state index is 13.8. The van der Waals surface area contributed by atoms with E-state index in [0.29, 0.717) is 17.4 Å². The van der Waals surface area contributed by atoms with Crippen LogP contribution >= 0.6 is 12.2 Å². The number of likely N-dealkylation sites (tertiary alicyclic amines) is 1. The number of thiocarbonyl (C=S) groups is 1. The monoisotopic (exact) mass is 344 g/mol. The van der Waals surface area contributed by atoms with Crippen LogP contribution in [0.3, 0.4) is 0 Å². The Bertz CT molecular complexity index is 705. The van der Waals surface area contributed by atoms with Crippen LogP contribution in [0, 0.1) is 5.82 Å². The van der Waals surface area contributed by atoms with E-state index in [0.717, 1.165) is 25.1 Å². The van der Waals surface area contributed by atoms with Crippen LogP contribution in [-0.2, 0) is 0 Å². The van der Waals surface area contributed by atoms with Crippen molar-refractivity contribution < 1.29 is 9.13 Å². The molecule has 1 aliphatic heterocycles. The molecule has 0 unspecified atom stereocenters. The quantitative estimate of drug-likeness (QED) is 0.809. The number of hydrogen-bond acceptors (Lipinski definition) is 2. The number of rotatable bonds is 4. The Morgan fingerprint density at radius 2 is 2.00 bits per heavy atom.